The Labute approximate surface area is 133 Å². The zero-order valence-electron chi connectivity index (χ0n) is 13.4. The Morgan fingerprint density at radius 1 is 0.682 bits per heavy atom. The van der Waals surface area contributed by atoms with Crippen LogP contribution in [0.3, 0.4) is 0 Å². The van der Waals surface area contributed by atoms with Gasteiger partial charge in [0.25, 0.3) is 0 Å². The van der Waals surface area contributed by atoms with Crippen molar-refractivity contribution in [1.82, 2.24) is 0 Å². The maximum absolute atomic E-state index is 11.5. The second-order valence-electron chi connectivity index (χ2n) is 6.01. The first-order valence-electron chi connectivity index (χ1n) is 8.19. The van der Waals surface area contributed by atoms with Crippen LogP contribution in [0.4, 0.5) is 0 Å². The Balaban J connectivity index is 2.29. The zero-order valence-corrected chi connectivity index (χ0v) is 14.3. The minimum absolute atomic E-state index is 0.434. The van der Waals surface area contributed by atoms with Crippen molar-refractivity contribution in [1.29, 1.82) is 0 Å². The third-order valence-electron chi connectivity index (χ3n) is 4.28. The van der Waals surface area contributed by atoms with Gasteiger partial charge in [0.1, 0.15) is 0 Å². The molecule has 0 aromatic heterocycles. The van der Waals surface area contributed by atoms with Crippen molar-refractivity contribution in [3.05, 3.63) is 60.7 Å². The average molecular weight is 318 g/mol. The van der Waals surface area contributed by atoms with E-state index in [-0.39, 0.29) is 0 Å². The Morgan fingerprint density at radius 2 is 1.14 bits per heavy atom. The molecule has 0 fully saturated rings. The van der Waals surface area contributed by atoms with Gasteiger partial charge in [-0.25, -0.2) is 0 Å². The van der Waals surface area contributed by atoms with E-state index in [2.05, 4.69) is 6.92 Å². The van der Waals surface area contributed by atoms with Crippen LogP contribution in [-0.2, 0) is 0 Å². The maximum atomic E-state index is 11.5. The third-order valence-corrected chi connectivity index (χ3v) is 8.21. The quantitative estimate of drug-likeness (QED) is 0.571. The fraction of sp³-hybridized carbons (Fsp3) is 0.368. The summed E-state index contributed by atoms with van der Waals surface area (Å²) in [5.74, 6) is 0. The van der Waals surface area contributed by atoms with Crippen LogP contribution in [0.2, 0.25) is 0 Å². The fourth-order valence-electron chi connectivity index (χ4n) is 2.90. The number of rotatable bonds is 8. The number of hydrogen-bond donors (Lipinski definition) is 2. The van der Waals surface area contributed by atoms with Crippen LogP contribution >= 0.6 is 7.06 Å². The average Bonchev–Trinajstić information content (AvgIpc) is 2.57. The summed E-state index contributed by atoms with van der Waals surface area (Å²) in [6, 6.07) is 18.7. The fourth-order valence-corrected chi connectivity index (χ4v) is 6.14. The van der Waals surface area contributed by atoms with E-state index in [0.717, 1.165) is 19.3 Å². The summed E-state index contributed by atoms with van der Waals surface area (Å²) in [6.45, 7) is 2.19. The van der Waals surface area contributed by atoms with E-state index in [1.54, 1.807) is 0 Å². The third kappa shape index (κ3) is 3.76. The SMILES string of the molecule is CCCCCCCP(O)(O)(c1ccccc1)c1ccccc1. The van der Waals surface area contributed by atoms with Crippen LogP contribution in [0.5, 0.6) is 0 Å². The molecule has 0 aliphatic heterocycles. The molecule has 0 unspecified atom stereocenters. The summed E-state index contributed by atoms with van der Waals surface area (Å²) in [4.78, 5) is 22.9. The predicted octanol–water partition coefficient (Wildman–Crippen LogP) is 3.98. The second-order valence-corrected chi connectivity index (χ2v) is 9.89. The van der Waals surface area contributed by atoms with E-state index in [0.29, 0.717) is 16.8 Å². The molecule has 2 aromatic rings. The number of benzene rings is 2. The number of unbranched alkanes of at least 4 members (excludes halogenated alkanes) is 4. The van der Waals surface area contributed by atoms with Gasteiger partial charge in [-0.05, 0) is 0 Å². The first-order chi connectivity index (χ1) is 10.6. The summed E-state index contributed by atoms with van der Waals surface area (Å²) in [5, 5.41) is 1.32. The number of hydrogen-bond acceptors (Lipinski definition) is 2. The summed E-state index contributed by atoms with van der Waals surface area (Å²) in [5.41, 5.74) is 0. The van der Waals surface area contributed by atoms with Gasteiger partial charge < -0.3 is 0 Å². The monoisotopic (exact) mass is 318 g/mol. The van der Waals surface area contributed by atoms with Crippen molar-refractivity contribution in [2.45, 2.75) is 39.0 Å². The molecule has 0 saturated carbocycles. The molecule has 2 rings (SSSR count). The van der Waals surface area contributed by atoms with Crippen LogP contribution in [0, 0.1) is 0 Å². The molecule has 3 heteroatoms. The molecular formula is C19H27O2P. The van der Waals surface area contributed by atoms with E-state index in [1.165, 1.54) is 12.8 Å². The standard InChI is InChI=1S/C19H27O2P/c1-2-3-4-5-12-17-22(20,21,18-13-8-6-9-14-18)19-15-10-7-11-16-19/h6-11,13-16,20-21H,2-5,12,17H2,1H3. The van der Waals surface area contributed by atoms with Crippen molar-refractivity contribution in [2.24, 2.45) is 0 Å². The van der Waals surface area contributed by atoms with E-state index in [4.69, 9.17) is 0 Å². The van der Waals surface area contributed by atoms with Gasteiger partial charge in [-0.2, -0.15) is 0 Å². The van der Waals surface area contributed by atoms with Gasteiger partial charge in [0.2, 0.25) is 0 Å². The molecule has 0 amide bonds. The van der Waals surface area contributed by atoms with Crippen LogP contribution in [0.1, 0.15) is 39.0 Å². The van der Waals surface area contributed by atoms with E-state index in [9.17, 15) is 9.79 Å². The zero-order chi connectivity index (χ0) is 15.9. The topological polar surface area (TPSA) is 40.5 Å². The van der Waals surface area contributed by atoms with E-state index >= 15 is 0 Å². The van der Waals surface area contributed by atoms with Crippen LogP contribution < -0.4 is 10.6 Å². The van der Waals surface area contributed by atoms with Gasteiger partial charge in [-0.3, -0.25) is 0 Å². The molecule has 0 bridgehead atoms. The Hall–Kier alpha value is -1.21. The van der Waals surface area contributed by atoms with Gasteiger partial charge >= 0.3 is 133 Å². The molecular weight excluding hydrogens is 291 g/mol. The van der Waals surface area contributed by atoms with Gasteiger partial charge in [0.05, 0.1) is 0 Å². The molecule has 0 saturated heterocycles. The summed E-state index contributed by atoms with van der Waals surface area (Å²) in [6.07, 6.45) is 5.89. The molecule has 2 N–H and O–H groups in total. The predicted molar refractivity (Wildman–Crippen MR) is 97.1 cm³/mol. The van der Waals surface area contributed by atoms with Crippen LogP contribution in [0.25, 0.3) is 0 Å². The first-order valence-corrected chi connectivity index (χ1v) is 10.5. The Bertz CT molecular complexity index is 523. The van der Waals surface area contributed by atoms with Gasteiger partial charge in [0.15, 0.2) is 0 Å². The van der Waals surface area contributed by atoms with Crippen LogP contribution in [-0.4, -0.2) is 15.9 Å². The normalized spacial score (nSPS) is 13.5. The van der Waals surface area contributed by atoms with Gasteiger partial charge in [0, 0.05) is 0 Å². The first kappa shape index (κ1) is 17.1. The van der Waals surface area contributed by atoms with Crippen molar-refractivity contribution in [3.63, 3.8) is 0 Å². The summed E-state index contributed by atoms with van der Waals surface area (Å²) in [7, 11) is -4.05. The summed E-state index contributed by atoms with van der Waals surface area (Å²) >= 11 is 0. The molecule has 0 spiro atoms. The molecule has 0 radical (unpaired) electrons. The molecule has 0 atom stereocenters. The van der Waals surface area contributed by atoms with Gasteiger partial charge in [-0.15, -0.1) is 0 Å². The van der Waals surface area contributed by atoms with Crippen molar-refractivity contribution < 1.29 is 9.79 Å². The minimum atomic E-state index is -4.05. The molecule has 0 aliphatic rings. The Morgan fingerprint density at radius 3 is 1.59 bits per heavy atom. The van der Waals surface area contributed by atoms with E-state index in [1.807, 2.05) is 60.7 Å². The van der Waals surface area contributed by atoms with Gasteiger partial charge in [-0.1, -0.05) is 0 Å². The molecule has 120 valence electrons. The Kier molecular flexibility index (Phi) is 5.74. The molecule has 2 nitrogen and oxygen atoms in total. The second kappa shape index (κ2) is 7.37. The van der Waals surface area contributed by atoms with E-state index < -0.39 is 7.06 Å². The van der Waals surface area contributed by atoms with Crippen molar-refractivity contribution in [3.8, 4) is 0 Å². The van der Waals surface area contributed by atoms with Crippen LogP contribution in [0.15, 0.2) is 60.7 Å². The van der Waals surface area contributed by atoms with Crippen molar-refractivity contribution in [2.75, 3.05) is 6.16 Å². The van der Waals surface area contributed by atoms with Crippen molar-refractivity contribution >= 4 is 17.7 Å². The summed E-state index contributed by atoms with van der Waals surface area (Å²) < 4.78 is 0. The molecule has 2 aromatic carbocycles. The molecule has 0 aliphatic carbocycles. The molecule has 22 heavy (non-hydrogen) atoms. The molecule has 0 heterocycles.